The molecule has 10 nitrogen and oxygen atoms in total. The van der Waals surface area contributed by atoms with Crippen molar-refractivity contribution < 1.29 is 9.84 Å². The van der Waals surface area contributed by atoms with Crippen LogP contribution in [-0.2, 0) is 4.74 Å². The first kappa shape index (κ1) is 25.7. The Bertz CT molecular complexity index is 1340. The van der Waals surface area contributed by atoms with E-state index in [1.807, 2.05) is 24.3 Å². The Morgan fingerprint density at radius 1 is 1.05 bits per heavy atom. The summed E-state index contributed by atoms with van der Waals surface area (Å²) in [7, 11) is 0. The van der Waals surface area contributed by atoms with Crippen LogP contribution in [0.4, 0.5) is 17.3 Å². The van der Waals surface area contributed by atoms with E-state index < -0.39 is 0 Å². The Hall–Kier alpha value is -3.94. The van der Waals surface area contributed by atoms with Crippen molar-refractivity contribution in [2.75, 3.05) is 68.0 Å². The van der Waals surface area contributed by atoms with Gasteiger partial charge >= 0.3 is 0 Å². The van der Waals surface area contributed by atoms with Crippen LogP contribution in [0, 0.1) is 11.8 Å². The van der Waals surface area contributed by atoms with Crippen molar-refractivity contribution in [3.8, 4) is 28.8 Å². The van der Waals surface area contributed by atoms with E-state index in [4.69, 9.17) is 15.5 Å². The number of benzene rings is 1. The predicted octanol–water partition coefficient (Wildman–Crippen LogP) is 2.40. The average Bonchev–Trinajstić information content (AvgIpc) is 3.16. The number of anilines is 3. The standard InChI is InChI=1S/C28H34N8O2/c1-28(2)20-34(17-18-38-28)12-5-9-25-30-11-10-26(31-25)36-14-6-13-35(15-16-36)23-19-22(32-33-27(23)29)21-7-3-4-8-24(21)37/h3-4,7-8,10-11,19,37H,6,12-18,20H2,1-2H3,(H2,29,33). The molecule has 5 rings (SSSR count). The summed E-state index contributed by atoms with van der Waals surface area (Å²) >= 11 is 0. The van der Waals surface area contributed by atoms with Crippen molar-refractivity contribution in [3.63, 3.8) is 0 Å². The molecular weight excluding hydrogens is 480 g/mol. The summed E-state index contributed by atoms with van der Waals surface area (Å²) in [6.45, 7) is 10.5. The number of hydrogen-bond donors (Lipinski definition) is 2. The number of rotatable bonds is 4. The van der Waals surface area contributed by atoms with Crippen molar-refractivity contribution in [3.05, 3.63) is 48.4 Å². The van der Waals surface area contributed by atoms with Crippen molar-refractivity contribution in [1.29, 1.82) is 0 Å². The number of aromatic hydroxyl groups is 1. The number of nitrogens with two attached hydrogens (primary N) is 1. The maximum atomic E-state index is 10.3. The highest BCUT2D eigenvalue weighted by molar-refractivity contribution is 5.74. The highest BCUT2D eigenvalue weighted by Crippen LogP contribution is 2.31. The van der Waals surface area contributed by atoms with Gasteiger partial charge in [-0.15, -0.1) is 10.2 Å². The van der Waals surface area contributed by atoms with E-state index in [0.717, 1.165) is 63.8 Å². The Morgan fingerprint density at radius 3 is 2.71 bits per heavy atom. The SMILES string of the molecule is CC1(C)CN(CC#Cc2nccc(N3CCCN(c4cc(-c5ccccc5O)nnc4N)CC3)n2)CCO1. The van der Waals surface area contributed by atoms with E-state index in [0.29, 0.717) is 29.4 Å². The molecule has 1 aromatic carbocycles. The molecule has 0 saturated carbocycles. The molecule has 0 radical (unpaired) electrons. The molecule has 10 heteroatoms. The van der Waals surface area contributed by atoms with Crippen molar-refractivity contribution >= 4 is 17.3 Å². The molecule has 2 aliphatic heterocycles. The molecule has 0 atom stereocenters. The smallest absolute Gasteiger partial charge is 0.206 e. The summed E-state index contributed by atoms with van der Waals surface area (Å²) in [5, 5.41) is 18.6. The fourth-order valence-electron chi connectivity index (χ4n) is 4.92. The van der Waals surface area contributed by atoms with Gasteiger partial charge < -0.3 is 25.4 Å². The first-order valence-corrected chi connectivity index (χ1v) is 13.0. The molecule has 4 heterocycles. The Morgan fingerprint density at radius 2 is 1.87 bits per heavy atom. The largest absolute Gasteiger partial charge is 0.507 e. The molecule has 198 valence electrons. The zero-order valence-corrected chi connectivity index (χ0v) is 22.0. The van der Waals surface area contributed by atoms with Gasteiger partial charge in [0.2, 0.25) is 5.82 Å². The number of phenols is 1. The van der Waals surface area contributed by atoms with Gasteiger partial charge in [-0.05, 0) is 50.5 Å². The van der Waals surface area contributed by atoms with Crippen LogP contribution in [0.5, 0.6) is 5.75 Å². The first-order valence-electron chi connectivity index (χ1n) is 13.0. The van der Waals surface area contributed by atoms with Crippen LogP contribution in [0.1, 0.15) is 26.1 Å². The van der Waals surface area contributed by atoms with Crippen LogP contribution in [0.2, 0.25) is 0 Å². The van der Waals surface area contributed by atoms with Gasteiger partial charge in [0.1, 0.15) is 11.6 Å². The molecule has 0 aliphatic carbocycles. The average molecular weight is 515 g/mol. The Labute approximate surface area is 223 Å². The van der Waals surface area contributed by atoms with E-state index in [9.17, 15) is 5.11 Å². The second kappa shape index (κ2) is 11.2. The summed E-state index contributed by atoms with van der Waals surface area (Å²) in [5.74, 6) is 8.31. The van der Waals surface area contributed by atoms with Gasteiger partial charge in [0.15, 0.2) is 5.82 Å². The summed E-state index contributed by atoms with van der Waals surface area (Å²) < 4.78 is 5.78. The quantitative estimate of drug-likeness (QED) is 0.503. The third-order valence-electron chi connectivity index (χ3n) is 6.79. The van der Waals surface area contributed by atoms with E-state index in [2.05, 4.69) is 55.6 Å². The van der Waals surface area contributed by atoms with E-state index in [1.165, 1.54) is 0 Å². The molecular formula is C28H34N8O2. The zero-order valence-electron chi connectivity index (χ0n) is 22.0. The maximum Gasteiger partial charge on any atom is 0.206 e. The Kier molecular flexibility index (Phi) is 7.58. The number of para-hydroxylation sites is 1. The third kappa shape index (κ3) is 6.13. The minimum atomic E-state index is -0.140. The summed E-state index contributed by atoms with van der Waals surface area (Å²) in [6.07, 6.45) is 2.70. The number of nitrogens with zero attached hydrogens (tertiary/aromatic N) is 7. The first-order chi connectivity index (χ1) is 18.4. The van der Waals surface area contributed by atoms with Crippen molar-refractivity contribution in [2.45, 2.75) is 25.9 Å². The lowest BCUT2D eigenvalue weighted by atomic mass is 10.1. The van der Waals surface area contributed by atoms with E-state index >= 15 is 0 Å². The van der Waals surface area contributed by atoms with Crippen LogP contribution in [0.3, 0.4) is 0 Å². The number of ether oxygens (including phenoxy) is 1. The number of phenolic OH excluding ortho intramolecular Hbond substituents is 1. The van der Waals surface area contributed by atoms with Crippen LogP contribution < -0.4 is 15.5 Å². The molecule has 2 aliphatic rings. The number of hydrogen-bond acceptors (Lipinski definition) is 10. The molecule has 0 unspecified atom stereocenters. The van der Waals surface area contributed by atoms with Gasteiger partial charge in [0.25, 0.3) is 0 Å². The van der Waals surface area contributed by atoms with Gasteiger partial charge in [-0.25, -0.2) is 9.97 Å². The van der Waals surface area contributed by atoms with Gasteiger partial charge in [-0.3, -0.25) is 4.90 Å². The molecule has 3 aromatic rings. The fourth-order valence-corrected chi connectivity index (χ4v) is 4.92. The van der Waals surface area contributed by atoms with Crippen molar-refractivity contribution in [1.82, 2.24) is 25.1 Å². The molecule has 2 aromatic heterocycles. The lowest BCUT2D eigenvalue weighted by molar-refractivity contribution is -0.0824. The minimum absolute atomic E-state index is 0.140. The summed E-state index contributed by atoms with van der Waals surface area (Å²) in [6, 6.07) is 10.9. The lowest BCUT2D eigenvalue weighted by Crippen LogP contribution is -2.48. The van der Waals surface area contributed by atoms with E-state index in [1.54, 1.807) is 18.3 Å². The highest BCUT2D eigenvalue weighted by Gasteiger charge is 2.26. The molecule has 0 spiro atoms. The normalized spacial score (nSPS) is 17.9. The van der Waals surface area contributed by atoms with Gasteiger partial charge in [0.05, 0.1) is 30.1 Å². The number of morpholine rings is 1. The topological polar surface area (TPSA) is 117 Å². The third-order valence-corrected chi connectivity index (χ3v) is 6.79. The van der Waals surface area contributed by atoms with E-state index in [-0.39, 0.29) is 11.4 Å². The molecule has 0 bridgehead atoms. The number of aromatic nitrogens is 4. The van der Waals surface area contributed by atoms with Crippen molar-refractivity contribution in [2.24, 2.45) is 0 Å². The van der Waals surface area contributed by atoms with Crippen LogP contribution >= 0.6 is 0 Å². The summed E-state index contributed by atoms with van der Waals surface area (Å²) in [5.41, 5.74) is 8.13. The second-order valence-electron chi connectivity index (χ2n) is 10.2. The lowest BCUT2D eigenvalue weighted by Gasteiger charge is -2.37. The van der Waals surface area contributed by atoms with Gasteiger partial charge in [-0.2, -0.15) is 0 Å². The van der Waals surface area contributed by atoms with Gasteiger partial charge in [-0.1, -0.05) is 18.1 Å². The van der Waals surface area contributed by atoms with Crippen LogP contribution in [0.15, 0.2) is 42.6 Å². The summed E-state index contributed by atoms with van der Waals surface area (Å²) in [4.78, 5) is 15.9. The van der Waals surface area contributed by atoms with Gasteiger partial charge in [0, 0.05) is 51.0 Å². The second-order valence-corrected chi connectivity index (χ2v) is 10.2. The van der Waals surface area contributed by atoms with Crippen LogP contribution in [0.25, 0.3) is 11.3 Å². The monoisotopic (exact) mass is 514 g/mol. The predicted molar refractivity (Wildman–Crippen MR) is 148 cm³/mol. The zero-order chi connectivity index (χ0) is 26.5. The maximum absolute atomic E-state index is 10.3. The minimum Gasteiger partial charge on any atom is -0.507 e. The molecule has 0 amide bonds. The Balaban J connectivity index is 1.25. The number of nitrogen functional groups attached to an aromatic ring is 1. The molecule has 2 saturated heterocycles. The molecule has 38 heavy (non-hydrogen) atoms. The highest BCUT2D eigenvalue weighted by atomic mass is 16.5. The molecule has 2 fully saturated rings. The van der Waals surface area contributed by atoms with Crippen LogP contribution in [-0.4, -0.2) is 88.2 Å². The molecule has 3 N–H and O–H groups in total. The fraction of sp³-hybridized carbons (Fsp3) is 0.429.